The highest BCUT2D eigenvalue weighted by Gasteiger charge is 2.18. The van der Waals surface area contributed by atoms with Crippen LogP contribution in [0.5, 0.6) is 0 Å². The van der Waals surface area contributed by atoms with E-state index in [-0.39, 0.29) is 24.0 Å². The molecule has 142 valence electrons. The Morgan fingerprint density at radius 2 is 1.96 bits per heavy atom. The van der Waals surface area contributed by atoms with Crippen molar-refractivity contribution < 1.29 is 9.59 Å². The molecule has 1 heterocycles. The first-order valence-corrected chi connectivity index (χ1v) is 9.42. The molecule has 0 radical (unpaired) electrons. The summed E-state index contributed by atoms with van der Waals surface area (Å²) in [6.45, 7) is 3.78. The van der Waals surface area contributed by atoms with Gasteiger partial charge in [0.15, 0.2) is 0 Å². The van der Waals surface area contributed by atoms with E-state index in [4.69, 9.17) is 0 Å². The topological polar surface area (TPSA) is 83.1 Å². The molecule has 6 nitrogen and oxygen atoms in total. The van der Waals surface area contributed by atoms with Gasteiger partial charge in [-0.1, -0.05) is 18.9 Å². The van der Waals surface area contributed by atoms with Crippen molar-refractivity contribution in [2.75, 3.05) is 5.32 Å². The maximum absolute atomic E-state index is 12.4. The Morgan fingerprint density at radius 3 is 2.63 bits per heavy atom. The van der Waals surface area contributed by atoms with Crippen LogP contribution in [0, 0.1) is 6.92 Å². The third kappa shape index (κ3) is 5.06. The SMILES string of the molecule is Cc1cc(C(=O)NC2CCCC2)ccc1NC(=O)NC(C)c1cccnc1. The zero-order chi connectivity index (χ0) is 19.2. The lowest BCUT2D eigenvalue weighted by atomic mass is 10.1. The molecule has 1 atom stereocenters. The lowest BCUT2D eigenvalue weighted by Gasteiger charge is -2.16. The van der Waals surface area contributed by atoms with Crippen molar-refractivity contribution in [3.05, 3.63) is 59.4 Å². The molecular formula is C21H26N4O2. The van der Waals surface area contributed by atoms with Crippen molar-refractivity contribution in [2.45, 2.75) is 51.6 Å². The zero-order valence-corrected chi connectivity index (χ0v) is 15.8. The van der Waals surface area contributed by atoms with Gasteiger partial charge in [0, 0.05) is 29.7 Å². The average molecular weight is 366 g/mol. The average Bonchev–Trinajstić information content (AvgIpc) is 3.17. The molecule has 0 spiro atoms. The number of nitrogens with one attached hydrogen (secondary N) is 3. The van der Waals surface area contributed by atoms with E-state index >= 15 is 0 Å². The number of hydrogen-bond donors (Lipinski definition) is 3. The molecule has 2 aromatic rings. The molecule has 1 unspecified atom stereocenters. The van der Waals surface area contributed by atoms with Crippen molar-refractivity contribution in [3.8, 4) is 0 Å². The highest BCUT2D eigenvalue weighted by Crippen LogP contribution is 2.20. The summed E-state index contributed by atoms with van der Waals surface area (Å²) in [5, 5.41) is 8.82. The summed E-state index contributed by atoms with van der Waals surface area (Å²) in [4.78, 5) is 28.7. The number of pyridine rings is 1. The number of carbonyl (C=O) groups excluding carboxylic acids is 2. The molecule has 0 saturated heterocycles. The zero-order valence-electron chi connectivity index (χ0n) is 15.8. The molecule has 3 N–H and O–H groups in total. The van der Waals surface area contributed by atoms with Gasteiger partial charge >= 0.3 is 6.03 Å². The van der Waals surface area contributed by atoms with Gasteiger partial charge in [-0.2, -0.15) is 0 Å². The quantitative estimate of drug-likeness (QED) is 0.749. The summed E-state index contributed by atoms with van der Waals surface area (Å²) in [6.07, 6.45) is 7.90. The van der Waals surface area contributed by atoms with E-state index in [0.29, 0.717) is 11.3 Å². The van der Waals surface area contributed by atoms with Gasteiger partial charge in [-0.3, -0.25) is 9.78 Å². The summed E-state index contributed by atoms with van der Waals surface area (Å²) < 4.78 is 0. The van der Waals surface area contributed by atoms with E-state index in [1.165, 1.54) is 12.8 Å². The minimum absolute atomic E-state index is 0.0498. The second-order valence-corrected chi connectivity index (χ2v) is 7.09. The first kappa shape index (κ1) is 18.9. The molecule has 1 aliphatic rings. The Morgan fingerprint density at radius 1 is 1.19 bits per heavy atom. The maximum Gasteiger partial charge on any atom is 0.319 e. The number of amides is 3. The van der Waals surface area contributed by atoms with Crippen LogP contribution in [-0.4, -0.2) is 23.0 Å². The monoisotopic (exact) mass is 366 g/mol. The number of nitrogens with zero attached hydrogens (tertiary/aromatic N) is 1. The van der Waals surface area contributed by atoms with Gasteiger partial charge in [-0.15, -0.1) is 0 Å². The van der Waals surface area contributed by atoms with Gasteiger partial charge in [0.2, 0.25) is 0 Å². The number of urea groups is 1. The summed E-state index contributed by atoms with van der Waals surface area (Å²) in [5.74, 6) is -0.0498. The van der Waals surface area contributed by atoms with Crippen molar-refractivity contribution in [3.63, 3.8) is 0 Å². The van der Waals surface area contributed by atoms with E-state index in [2.05, 4.69) is 20.9 Å². The first-order chi connectivity index (χ1) is 13.0. The molecule has 1 aromatic heterocycles. The lowest BCUT2D eigenvalue weighted by molar-refractivity contribution is 0.0938. The molecule has 1 fully saturated rings. The van der Waals surface area contributed by atoms with Crippen molar-refractivity contribution in [1.29, 1.82) is 0 Å². The van der Waals surface area contributed by atoms with Crippen LogP contribution >= 0.6 is 0 Å². The Bertz CT molecular complexity index is 801. The lowest BCUT2D eigenvalue weighted by Crippen LogP contribution is -2.33. The summed E-state index contributed by atoms with van der Waals surface area (Å²) >= 11 is 0. The largest absolute Gasteiger partial charge is 0.349 e. The molecule has 27 heavy (non-hydrogen) atoms. The minimum Gasteiger partial charge on any atom is -0.349 e. The number of aryl methyl sites for hydroxylation is 1. The van der Waals surface area contributed by atoms with Crippen LogP contribution in [0.15, 0.2) is 42.7 Å². The summed E-state index contributed by atoms with van der Waals surface area (Å²) in [6, 6.07) is 8.92. The Labute approximate surface area is 159 Å². The highest BCUT2D eigenvalue weighted by atomic mass is 16.2. The van der Waals surface area contributed by atoms with Crippen LogP contribution in [0.3, 0.4) is 0 Å². The second kappa shape index (κ2) is 8.66. The van der Waals surface area contributed by atoms with Crippen molar-refractivity contribution >= 4 is 17.6 Å². The van der Waals surface area contributed by atoms with Gasteiger partial charge in [-0.25, -0.2) is 4.79 Å². The number of anilines is 1. The van der Waals surface area contributed by atoms with E-state index in [0.717, 1.165) is 24.0 Å². The number of benzene rings is 1. The summed E-state index contributed by atoms with van der Waals surface area (Å²) in [7, 11) is 0. The van der Waals surface area contributed by atoms with Gasteiger partial charge in [-0.05, 0) is 62.1 Å². The van der Waals surface area contributed by atoms with Gasteiger partial charge < -0.3 is 16.0 Å². The molecule has 3 amide bonds. The third-order valence-electron chi connectivity index (χ3n) is 4.96. The van der Waals surface area contributed by atoms with Crippen LogP contribution in [-0.2, 0) is 0 Å². The summed E-state index contributed by atoms with van der Waals surface area (Å²) in [5.41, 5.74) is 3.08. The van der Waals surface area contributed by atoms with Crippen molar-refractivity contribution in [1.82, 2.24) is 15.6 Å². The van der Waals surface area contributed by atoms with Crippen LogP contribution in [0.4, 0.5) is 10.5 Å². The van der Waals surface area contributed by atoms with Crippen LogP contribution in [0.2, 0.25) is 0 Å². The molecule has 3 rings (SSSR count). The van der Waals surface area contributed by atoms with Crippen LogP contribution in [0.25, 0.3) is 0 Å². The van der Waals surface area contributed by atoms with E-state index < -0.39 is 0 Å². The predicted octanol–water partition coefficient (Wildman–Crippen LogP) is 3.95. The number of aromatic nitrogens is 1. The van der Waals surface area contributed by atoms with Crippen molar-refractivity contribution in [2.24, 2.45) is 0 Å². The van der Waals surface area contributed by atoms with Crippen LogP contribution < -0.4 is 16.0 Å². The maximum atomic E-state index is 12.4. The second-order valence-electron chi connectivity index (χ2n) is 7.09. The normalized spacial score (nSPS) is 15.2. The Balaban J connectivity index is 1.58. The molecule has 0 aliphatic heterocycles. The third-order valence-corrected chi connectivity index (χ3v) is 4.96. The van der Waals surface area contributed by atoms with Gasteiger partial charge in [0.05, 0.1) is 6.04 Å². The van der Waals surface area contributed by atoms with E-state index in [1.54, 1.807) is 24.5 Å². The molecule has 0 bridgehead atoms. The molecule has 1 saturated carbocycles. The minimum atomic E-state index is -0.294. The number of rotatable bonds is 5. The first-order valence-electron chi connectivity index (χ1n) is 9.42. The van der Waals surface area contributed by atoms with E-state index in [9.17, 15) is 9.59 Å². The Hall–Kier alpha value is -2.89. The molecule has 6 heteroatoms. The van der Waals surface area contributed by atoms with E-state index in [1.807, 2.05) is 32.0 Å². The van der Waals surface area contributed by atoms with Crippen LogP contribution in [0.1, 0.15) is 60.1 Å². The smallest absolute Gasteiger partial charge is 0.319 e. The standard InChI is InChI=1S/C21H26N4O2/c1-14-12-16(20(26)24-18-7-3-4-8-18)9-10-19(14)25-21(27)23-15(2)17-6-5-11-22-13-17/h5-6,9-13,15,18H,3-4,7-8H2,1-2H3,(H,24,26)(H2,23,25,27). The fourth-order valence-corrected chi connectivity index (χ4v) is 3.35. The van der Waals surface area contributed by atoms with Gasteiger partial charge in [0.25, 0.3) is 5.91 Å². The number of hydrogen-bond acceptors (Lipinski definition) is 3. The molecular weight excluding hydrogens is 340 g/mol. The highest BCUT2D eigenvalue weighted by molar-refractivity contribution is 5.96. The molecule has 1 aromatic carbocycles. The van der Waals surface area contributed by atoms with Gasteiger partial charge in [0.1, 0.15) is 0 Å². The predicted molar refractivity (Wildman–Crippen MR) is 106 cm³/mol. The number of carbonyl (C=O) groups is 2. The fourth-order valence-electron chi connectivity index (χ4n) is 3.35. The fraction of sp³-hybridized carbons (Fsp3) is 0.381. The Kier molecular flexibility index (Phi) is 6.06. The molecule has 1 aliphatic carbocycles.